The third kappa shape index (κ3) is 4.10. The molecule has 2 heterocycles. The third-order valence-electron chi connectivity index (χ3n) is 4.45. The molecule has 1 N–H and O–H groups in total. The second-order valence-corrected chi connectivity index (χ2v) is 8.29. The van der Waals surface area contributed by atoms with Gasteiger partial charge in [0.15, 0.2) is 11.5 Å². The average Bonchev–Trinajstić information content (AvgIpc) is 2.99. The van der Waals surface area contributed by atoms with E-state index in [0.717, 1.165) is 27.8 Å². The van der Waals surface area contributed by atoms with Gasteiger partial charge in [-0.25, -0.2) is 0 Å². The van der Waals surface area contributed by atoms with Crippen LogP contribution in [-0.2, 0) is 4.79 Å². The van der Waals surface area contributed by atoms with E-state index in [1.54, 1.807) is 36.7 Å². The van der Waals surface area contributed by atoms with Crippen LogP contribution in [-0.4, -0.2) is 33.2 Å². The summed E-state index contributed by atoms with van der Waals surface area (Å²) in [5.74, 6) is 0.363. The summed E-state index contributed by atoms with van der Waals surface area (Å²) >= 11 is 4.24. The first kappa shape index (κ1) is 20.2. The van der Waals surface area contributed by atoms with Gasteiger partial charge in [-0.3, -0.25) is 19.5 Å². The van der Waals surface area contributed by atoms with Crippen LogP contribution in [0.4, 0.5) is 4.79 Å². The molecule has 30 heavy (non-hydrogen) atoms. The molecule has 0 radical (unpaired) electrons. The number of aromatic nitrogens is 1. The van der Waals surface area contributed by atoms with E-state index in [9.17, 15) is 14.7 Å². The largest absolute Gasteiger partial charge is 0.504 e. The van der Waals surface area contributed by atoms with Crippen molar-refractivity contribution in [1.82, 2.24) is 9.88 Å². The van der Waals surface area contributed by atoms with Crippen molar-refractivity contribution in [3.8, 4) is 28.4 Å². The molecule has 1 saturated heterocycles. The van der Waals surface area contributed by atoms with Crippen molar-refractivity contribution in [3.05, 3.63) is 75.9 Å². The number of imide groups is 1. The van der Waals surface area contributed by atoms with Crippen molar-refractivity contribution in [2.75, 3.05) is 7.05 Å². The third-order valence-corrected chi connectivity index (χ3v) is 6.09. The number of aromatic hydroxyl groups is 1. The molecule has 3 aromatic rings. The van der Waals surface area contributed by atoms with Crippen LogP contribution in [0.3, 0.4) is 0 Å². The summed E-state index contributed by atoms with van der Waals surface area (Å²) < 4.78 is 6.42. The molecule has 0 atom stereocenters. The van der Waals surface area contributed by atoms with Gasteiger partial charge in [-0.05, 0) is 70.9 Å². The number of ether oxygens (including phenoxy) is 1. The lowest BCUT2D eigenvalue weighted by molar-refractivity contribution is -0.121. The molecule has 2 amide bonds. The molecule has 0 aliphatic carbocycles. The second kappa shape index (κ2) is 8.33. The molecule has 6 nitrogen and oxygen atoms in total. The molecule has 4 rings (SSSR count). The van der Waals surface area contributed by atoms with Crippen LogP contribution in [0.25, 0.3) is 17.2 Å². The van der Waals surface area contributed by atoms with E-state index >= 15 is 0 Å². The van der Waals surface area contributed by atoms with Gasteiger partial charge in [-0.15, -0.1) is 0 Å². The van der Waals surface area contributed by atoms with Crippen LogP contribution in [0, 0.1) is 0 Å². The highest BCUT2D eigenvalue weighted by molar-refractivity contribution is 9.10. The van der Waals surface area contributed by atoms with Gasteiger partial charge in [0.1, 0.15) is 5.75 Å². The topological polar surface area (TPSA) is 79.7 Å². The van der Waals surface area contributed by atoms with Gasteiger partial charge in [0, 0.05) is 23.9 Å². The van der Waals surface area contributed by atoms with Gasteiger partial charge in [0.25, 0.3) is 11.1 Å². The lowest BCUT2D eigenvalue weighted by Gasteiger charge is -2.11. The number of carbonyl (C=O) groups is 2. The molecule has 1 aliphatic rings. The molecule has 1 fully saturated rings. The zero-order valence-electron chi connectivity index (χ0n) is 15.7. The number of hydrogen-bond acceptors (Lipinski definition) is 6. The molecule has 8 heteroatoms. The fourth-order valence-corrected chi connectivity index (χ4v) is 4.09. The summed E-state index contributed by atoms with van der Waals surface area (Å²) in [4.78, 5) is 29.2. The first-order valence-corrected chi connectivity index (χ1v) is 10.5. The first-order valence-electron chi connectivity index (χ1n) is 8.85. The zero-order valence-corrected chi connectivity index (χ0v) is 18.1. The standard InChI is InChI=1S/C22H15BrN2O4S/c1-25-21(27)20(30-22(25)28)11-15-10-19(18(26)12-17(15)23)29-16-4-2-13(3-5-16)14-6-8-24-9-7-14/h2-12,26H,1H3/b20-11-. The quantitative estimate of drug-likeness (QED) is 0.482. The van der Waals surface area contributed by atoms with Gasteiger partial charge in [-0.1, -0.05) is 28.1 Å². The number of pyridine rings is 1. The maximum absolute atomic E-state index is 12.1. The minimum absolute atomic E-state index is 0.0548. The van der Waals surface area contributed by atoms with E-state index in [1.807, 2.05) is 24.3 Å². The Bertz CT molecular complexity index is 1160. The molecule has 1 aliphatic heterocycles. The Labute approximate surface area is 185 Å². The van der Waals surface area contributed by atoms with E-state index in [-0.39, 0.29) is 22.6 Å². The van der Waals surface area contributed by atoms with Crippen molar-refractivity contribution in [1.29, 1.82) is 0 Å². The number of benzene rings is 2. The summed E-state index contributed by atoms with van der Waals surface area (Å²) in [6, 6.07) is 14.4. The van der Waals surface area contributed by atoms with E-state index in [4.69, 9.17) is 4.74 Å². The number of hydrogen-bond donors (Lipinski definition) is 1. The maximum atomic E-state index is 12.1. The van der Waals surface area contributed by atoms with Crippen molar-refractivity contribution in [3.63, 3.8) is 0 Å². The maximum Gasteiger partial charge on any atom is 0.293 e. The Hall–Kier alpha value is -3.10. The van der Waals surface area contributed by atoms with Gasteiger partial charge in [-0.2, -0.15) is 0 Å². The van der Waals surface area contributed by atoms with E-state index in [0.29, 0.717) is 20.7 Å². The van der Waals surface area contributed by atoms with Crippen LogP contribution < -0.4 is 4.74 Å². The van der Waals surface area contributed by atoms with Crippen LogP contribution in [0.2, 0.25) is 0 Å². The van der Waals surface area contributed by atoms with E-state index < -0.39 is 0 Å². The molecule has 0 bridgehead atoms. The minimum Gasteiger partial charge on any atom is -0.504 e. The predicted molar refractivity (Wildman–Crippen MR) is 119 cm³/mol. The monoisotopic (exact) mass is 482 g/mol. The summed E-state index contributed by atoms with van der Waals surface area (Å²) in [7, 11) is 1.44. The molecule has 0 saturated carbocycles. The number of phenols is 1. The molecular weight excluding hydrogens is 468 g/mol. The number of halogens is 1. The Balaban J connectivity index is 1.60. The lowest BCUT2D eigenvalue weighted by atomic mass is 10.1. The number of likely N-dealkylation sites (N-methyl/N-ethyl adjacent to an activating group) is 1. The highest BCUT2D eigenvalue weighted by atomic mass is 79.9. The Morgan fingerprint density at radius 1 is 1.07 bits per heavy atom. The van der Waals surface area contributed by atoms with Gasteiger partial charge < -0.3 is 9.84 Å². The highest BCUT2D eigenvalue weighted by Crippen LogP contribution is 2.39. The van der Waals surface area contributed by atoms with Gasteiger partial charge in [0.05, 0.1) is 4.91 Å². The summed E-state index contributed by atoms with van der Waals surface area (Å²) in [6.07, 6.45) is 5.06. The summed E-state index contributed by atoms with van der Waals surface area (Å²) in [5, 5.41) is 9.96. The molecular formula is C22H15BrN2O4S. The first-order chi connectivity index (χ1) is 14.4. The molecule has 2 aromatic carbocycles. The number of rotatable bonds is 4. The van der Waals surface area contributed by atoms with Crippen molar-refractivity contribution >= 4 is 44.9 Å². The summed E-state index contributed by atoms with van der Waals surface area (Å²) in [6.45, 7) is 0. The van der Waals surface area contributed by atoms with Crippen molar-refractivity contribution in [2.45, 2.75) is 0 Å². The van der Waals surface area contributed by atoms with Crippen LogP contribution in [0.15, 0.2) is 70.3 Å². The highest BCUT2D eigenvalue weighted by Gasteiger charge is 2.32. The van der Waals surface area contributed by atoms with Crippen LogP contribution >= 0.6 is 27.7 Å². The smallest absolute Gasteiger partial charge is 0.293 e. The molecule has 0 spiro atoms. The van der Waals surface area contributed by atoms with E-state index in [2.05, 4.69) is 20.9 Å². The summed E-state index contributed by atoms with van der Waals surface area (Å²) in [5.41, 5.74) is 2.66. The van der Waals surface area contributed by atoms with Gasteiger partial charge >= 0.3 is 0 Å². The molecule has 1 aromatic heterocycles. The predicted octanol–water partition coefficient (Wildman–Crippen LogP) is 5.68. The van der Waals surface area contributed by atoms with Crippen molar-refractivity contribution < 1.29 is 19.4 Å². The number of thioether (sulfide) groups is 1. The fraction of sp³-hybridized carbons (Fsp3) is 0.0455. The van der Waals surface area contributed by atoms with Crippen molar-refractivity contribution in [2.24, 2.45) is 0 Å². The number of amides is 2. The molecule has 150 valence electrons. The van der Waals surface area contributed by atoms with Gasteiger partial charge in [0.2, 0.25) is 0 Å². The van der Waals surface area contributed by atoms with Crippen LogP contribution in [0.1, 0.15) is 5.56 Å². The Kier molecular flexibility index (Phi) is 5.61. The average molecular weight is 483 g/mol. The number of nitrogens with zero attached hydrogens (tertiary/aromatic N) is 2. The number of phenolic OH excluding ortho intramolecular Hbond substituents is 1. The fourth-order valence-electron chi connectivity index (χ4n) is 2.82. The zero-order chi connectivity index (χ0) is 21.3. The van der Waals surface area contributed by atoms with Crippen LogP contribution in [0.5, 0.6) is 17.2 Å². The van der Waals surface area contributed by atoms with E-state index in [1.165, 1.54) is 13.1 Å². The number of carbonyl (C=O) groups excluding carboxylic acids is 2. The normalized spacial score (nSPS) is 15.1. The second-order valence-electron chi connectivity index (χ2n) is 6.44. The minimum atomic E-state index is -0.362. The Morgan fingerprint density at radius 3 is 2.37 bits per heavy atom. The lowest BCUT2D eigenvalue weighted by Crippen LogP contribution is -2.22. The SMILES string of the molecule is CN1C(=O)S/C(=C\c2cc(Oc3ccc(-c4ccncc4)cc3)c(O)cc2Br)C1=O. The molecule has 0 unspecified atom stereocenters. The Morgan fingerprint density at radius 2 is 1.73 bits per heavy atom.